The number of hydrogen-bond acceptors (Lipinski definition) is 5. The number of hydrogen-bond donors (Lipinski definition) is 0. The van der Waals surface area contributed by atoms with Gasteiger partial charge in [0.05, 0.1) is 22.4 Å². The minimum absolute atomic E-state index is 0.0599. The zero-order valence-corrected chi connectivity index (χ0v) is 12.4. The average molecular weight is 289 g/mol. The second-order valence-electron chi connectivity index (χ2n) is 6.18. The van der Waals surface area contributed by atoms with Gasteiger partial charge in [0.1, 0.15) is 0 Å². The summed E-state index contributed by atoms with van der Waals surface area (Å²) >= 11 is 0. The van der Waals surface area contributed by atoms with Crippen molar-refractivity contribution >= 4 is 29.2 Å². The van der Waals surface area contributed by atoms with Gasteiger partial charge in [0.2, 0.25) is 5.58 Å². The summed E-state index contributed by atoms with van der Waals surface area (Å²) < 4.78 is 17.3. The summed E-state index contributed by atoms with van der Waals surface area (Å²) in [5, 5.41) is 11.7. The molecule has 0 saturated carbocycles. The third kappa shape index (κ3) is 2.04. The Kier molecular flexibility index (Phi) is 2.90. The summed E-state index contributed by atoms with van der Waals surface area (Å²) in [5.41, 5.74) is -0.00385. The lowest BCUT2D eigenvalue weighted by molar-refractivity contribution is -0.383. The number of furan rings is 1. The first-order valence-electron chi connectivity index (χ1n) is 6.73. The van der Waals surface area contributed by atoms with E-state index in [4.69, 9.17) is 13.7 Å². The van der Waals surface area contributed by atoms with Crippen LogP contribution in [-0.4, -0.2) is 23.2 Å². The third-order valence-corrected chi connectivity index (χ3v) is 4.33. The van der Waals surface area contributed by atoms with Gasteiger partial charge in [-0.05, 0) is 39.2 Å². The molecule has 0 aliphatic carbocycles. The number of benzene rings is 1. The van der Waals surface area contributed by atoms with Gasteiger partial charge in [0, 0.05) is 11.5 Å². The summed E-state index contributed by atoms with van der Waals surface area (Å²) in [7, 11) is -0.573. The highest BCUT2D eigenvalue weighted by molar-refractivity contribution is 6.65. The molecule has 6 nitrogen and oxygen atoms in total. The molecule has 21 heavy (non-hydrogen) atoms. The van der Waals surface area contributed by atoms with E-state index in [0.29, 0.717) is 5.39 Å². The van der Waals surface area contributed by atoms with E-state index >= 15 is 0 Å². The van der Waals surface area contributed by atoms with Crippen molar-refractivity contribution in [1.82, 2.24) is 0 Å². The van der Waals surface area contributed by atoms with E-state index in [9.17, 15) is 10.1 Å². The van der Waals surface area contributed by atoms with Gasteiger partial charge in [-0.3, -0.25) is 10.1 Å². The fraction of sp³-hybridized carbons (Fsp3) is 0.429. The van der Waals surface area contributed by atoms with Crippen LogP contribution in [0.15, 0.2) is 28.9 Å². The molecule has 0 unspecified atom stereocenters. The van der Waals surface area contributed by atoms with Gasteiger partial charge in [-0.2, -0.15) is 0 Å². The maximum atomic E-state index is 11.0. The Bertz CT molecular complexity index is 705. The van der Waals surface area contributed by atoms with Crippen LogP contribution in [0.3, 0.4) is 0 Å². The maximum Gasteiger partial charge on any atom is 0.495 e. The lowest BCUT2D eigenvalue weighted by Crippen LogP contribution is -2.41. The zero-order chi connectivity index (χ0) is 15.4. The lowest BCUT2D eigenvalue weighted by atomic mass is 9.77. The topological polar surface area (TPSA) is 74.7 Å². The molecule has 7 heteroatoms. The highest BCUT2D eigenvalue weighted by atomic mass is 16.7. The molecule has 1 aromatic carbocycles. The van der Waals surface area contributed by atoms with Gasteiger partial charge < -0.3 is 13.7 Å². The van der Waals surface area contributed by atoms with Crippen molar-refractivity contribution in [3.05, 3.63) is 34.6 Å². The number of nitro benzene ring substituents is 1. The van der Waals surface area contributed by atoms with Crippen molar-refractivity contribution < 1.29 is 18.6 Å². The average Bonchev–Trinajstić information content (AvgIpc) is 2.91. The Morgan fingerprint density at radius 3 is 2.29 bits per heavy atom. The fourth-order valence-electron chi connectivity index (χ4n) is 2.39. The maximum absolute atomic E-state index is 11.0. The van der Waals surface area contributed by atoms with Crippen molar-refractivity contribution in [1.29, 1.82) is 0 Å². The number of nitro groups is 1. The molecule has 1 aliphatic rings. The Balaban J connectivity index is 2.10. The molecule has 2 aromatic rings. The molecule has 1 aliphatic heterocycles. The minimum Gasteiger partial charge on any atom is -0.457 e. The monoisotopic (exact) mass is 289 g/mol. The van der Waals surface area contributed by atoms with Crippen LogP contribution >= 0.6 is 0 Å². The van der Waals surface area contributed by atoms with Gasteiger partial charge >= 0.3 is 12.8 Å². The summed E-state index contributed by atoms with van der Waals surface area (Å²) in [4.78, 5) is 10.6. The molecule has 2 heterocycles. The second kappa shape index (κ2) is 4.32. The van der Waals surface area contributed by atoms with E-state index in [1.807, 2.05) is 27.7 Å². The molecule has 0 atom stereocenters. The summed E-state index contributed by atoms with van der Waals surface area (Å²) in [6, 6.07) is 4.78. The largest absolute Gasteiger partial charge is 0.495 e. The summed E-state index contributed by atoms with van der Waals surface area (Å²) in [5.74, 6) is 0. The van der Waals surface area contributed by atoms with E-state index in [-0.39, 0.29) is 11.3 Å². The van der Waals surface area contributed by atoms with Crippen molar-refractivity contribution in [2.75, 3.05) is 0 Å². The van der Waals surface area contributed by atoms with E-state index in [1.54, 1.807) is 12.1 Å². The molecule has 0 radical (unpaired) electrons. The molecule has 1 saturated heterocycles. The molecule has 110 valence electrons. The molecular weight excluding hydrogens is 273 g/mol. The minimum atomic E-state index is -0.573. The molecule has 0 spiro atoms. The van der Waals surface area contributed by atoms with E-state index in [2.05, 4.69) is 0 Å². The number of rotatable bonds is 2. The van der Waals surface area contributed by atoms with Crippen LogP contribution in [0.25, 0.3) is 11.0 Å². The normalized spacial score (nSPS) is 20.1. The van der Waals surface area contributed by atoms with Gasteiger partial charge in [0.25, 0.3) is 0 Å². The Morgan fingerprint density at radius 2 is 1.71 bits per heavy atom. The van der Waals surface area contributed by atoms with Crippen LogP contribution in [-0.2, 0) is 9.31 Å². The Hall–Kier alpha value is -1.86. The molecule has 1 fully saturated rings. The first-order valence-corrected chi connectivity index (χ1v) is 6.73. The van der Waals surface area contributed by atoms with E-state index in [0.717, 1.165) is 5.46 Å². The van der Waals surface area contributed by atoms with Crippen LogP contribution in [0.5, 0.6) is 0 Å². The van der Waals surface area contributed by atoms with Crippen molar-refractivity contribution in [2.45, 2.75) is 38.9 Å². The molecule has 0 N–H and O–H groups in total. The van der Waals surface area contributed by atoms with Gasteiger partial charge in [-0.25, -0.2) is 0 Å². The summed E-state index contributed by atoms with van der Waals surface area (Å²) in [6.07, 6.45) is 1.44. The van der Waals surface area contributed by atoms with E-state index in [1.165, 1.54) is 12.3 Å². The predicted octanol–water partition coefficient (Wildman–Crippen LogP) is 2.64. The summed E-state index contributed by atoms with van der Waals surface area (Å²) in [6.45, 7) is 7.85. The van der Waals surface area contributed by atoms with Crippen LogP contribution in [0.2, 0.25) is 0 Å². The molecule has 0 amide bonds. The van der Waals surface area contributed by atoms with Crippen LogP contribution in [0.4, 0.5) is 5.69 Å². The number of non-ortho nitro benzene ring substituents is 1. The van der Waals surface area contributed by atoms with Crippen molar-refractivity contribution in [3.8, 4) is 0 Å². The van der Waals surface area contributed by atoms with Crippen LogP contribution in [0.1, 0.15) is 27.7 Å². The molecule has 0 bridgehead atoms. The first-order chi connectivity index (χ1) is 9.73. The highest BCUT2D eigenvalue weighted by Gasteiger charge is 2.52. The quantitative estimate of drug-likeness (QED) is 0.482. The standard InChI is InChI=1S/C14H16BNO5/c1-13(2)14(3,4)21-15(20-13)10-5-6-11(16(17)18)12-9(10)7-8-19-12/h5-8H,1-4H3. The first kappa shape index (κ1) is 14.1. The van der Waals surface area contributed by atoms with Crippen molar-refractivity contribution in [3.63, 3.8) is 0 Å². The van der Waals surface area contributed by atoms with Gasteiger partial charge in [-0.15, -0.1) is 0 Å². The highest BCUT2D eigenvalue weighted by Crippen LogP contribution is 2.37. The fourth-order valence-corrected chi connectivity index (χ4v) is 2.39. The smallest absolute Gasteiger partial charge is 0.457 e. The second-order valence-corrected chi connectivity index (χ2v) is 6.18. The molecule has 1 aromatic heterocycles. The zero-order valence-electron chi connectivity index (χ0n) is 12.4. The van der Waals surface area contributed by atoms with Crippen LogP contribution < -0.4 is 5.46 Å². The van der Waals surface area contributed by atoms with E-state index < -0.39 is 23.2 Å². The van der Waals surface area contributed by atoms with Crippen molar-refractivity contribution in [2.24, 2.45) is 0 Å². The van der Waals surface area contributed by atoms with Crippen LogP contribution in [0, 0.1) is 10.1 Å². The number of nitrogens with zero attached hydrogens (tertiary/aromatic N) is 1. The van der Waals surface area contributed by atoms with Gasteiger partial charge in [0.15, 0.2) is 0 Å². The number of fused-ring (bicyclic) bond motifs is 1. The lowest BCUT2D eigenvalue weighted by Gasteiger charge is -2.32. The van der Waals surface area contributed by atoms with Gasteiger partial charge in [-0.1, -0.05) is 6.07 Å². The predicted molar refractivity (Wildman–Crippen MR) is 78.6 cm³/mol. The Labute approximate surface area is 122 Å². The third-order valence-electron chi connectivity index (χ3n) is 4.33. The molecule has 3 rings (SSSR count). The molecular formula is C14H16BNO5. The Morgan fingerprint density at radius 1 is 1.10 bits per heavy atom. The SMILES string of the molecule is CC1(C)OB(c2ccc([N+](=O)[O-])c3occc23)OC1(C)C.